The van der Waals surface area contributed by atoms with Crippen LogP contribution in [-0.4, -0.2) is 36.3 Å². The molecule has 6 heteroatoms. The first kappa shape index (κ1) is 20.1. The molecule has 2 N–H and O–H groups in total. The van der Waals surface area contributed by atoms with Crippen LogP contribution in [0.1, 0.15) is 23.6 Å². The fourth-order valence-corrected chi connectivity index (χ4v) is 2.68. The Morgan fingerprint density at radius 3 is 2.33 bits per heavy atom. The maximum atomic E-state index is 12.5. The highest BCUT2D eigenvalue weighted by atomic mass is 16.2. The SMILES string of the molecule is Cc1cccc(C)c1NC(=O)CN(C)[C@@H](C)C(=O)Nc1ccccc1C#N. The van der Waals surface area contributed by atoms with E-state index in [-0.39, 0.29) is 18.4 Å². The molecule has 0 unspecified atom stereocenters. The van der Waals surface area contributed by atoms with E-state index in [0.717, 1.165) is 16.8 Å². The Morgan fingerprint density at radius 2 is 1.70 bits per heavy atom. The van der Waals surface area contributed by atoms with Crippen LogP contribution >= 0.6 is 0 Å². The van der Waals surface area contributed by atoms with E-state index in [9.17, 15) is 9.59 Å². The summed E-state index contributed by atoms with van der Waals surface area (Å²) in [5.74, 6) is -0.466. The van der Waals surface area contributed by atoms with Crippen molar-refractivity contribution in [3.63, 3.8) is 0 Å². The van der Waals surface area contributed by atoms with E-state index in [2.05, 4.69) is 10.6 Å². The van der Waals surface area contributed by atoms with Crippen LogP contribution in [0, 0.1) is 25.2 Å². The number of carbonyl (C=O) groups excluding carboxylic acids is 2. The molecule has 2 aromatic rings. The first-order chi connectivity index (χ1) is 12.8. The Kier molecular flexibility index (Phi) is 6.69. The number of benzene rings is 2. The quantitative estimate of drug-likeness (QED) is 0.825. The van der Waals surface area contributed by atoms with Crippen LogP contribution in [0.5, 0.6) is 0 Å². The molecule has 2 amide bonds. The van der Waals surface area contributed by atoms with Crippen molar-refractivity contribution in [3.05, 3.63) is 59.2 Å². The van der Waals surface area contributed by atoms with Gasteiger partial charge in [0.2, 0.25) is 11.8 Å². The first-order valence-corrected chi connectivity index (χ1v) is 8.69. The third-order valence-electron chi connectivity index (χ3n) is 4.48. The van der Waals surface area contributed by atoms with E-state index in [4.69, 9.17) is 5.26 Å². The van der Waals surface area contributed by atoms with Gasteiger partial charge in [-0.15, -0.1) is 0 Å². The van der Waals surface area contributed by atoms with Crippen LogP contribution in [0.4, 0.5) is 11.4 Å². The fourth-order valence-electron chi connectivity index (χ4n) is 2.68. The number of anilines is 2. The summed E-state index contributed by atoms with van der Waals surface area (Å²) >= 11 is 0. The zero-order valence-electron chi connectivity index (χ0n) is 16.0. The van der Waals surface area contributed by atoms with Gasteiger partial charge >= 0.3 is 0 Å². The van der Waals surface area contributed by atoms with Gasteiger partial charge in [-0.25, -0.2) is 0 Å². The lowest BCUT2D eigenvalue weighted by atomic mass is 10.1. The number of likely N-dealkylation sites (N-methyl/N-ethyl adjacent to an activating group) is 1. The van der Waals surface area contributed by atoms with E-state index in [0.29, 0.717) is 11.3 Å². The van der Waals surface area contributed by atoms with Gasteiger partial charge in [-0.3, -0.25) is 14.5 Å². The van der Waals surface area contributed by atoms with Crippen molar-refractivity contribution in [2.75, 3.05) is 24.2 Å². The number of carbonyl (C=O) groups is 2. The number of nitrogens with one attached hydrogen (secondary N) is 2. The largest absolute Gasteiger partial charge is 0.324 e. The average Bonchev–Trinajstić information content (AvgIpc) is 2.64. The Morgan fingerprint density at radius 1 is 1.07 bits per heavy atom. The van der Waals surface area contributed by atoms with E-state index >= 15 is 0 Å². The minimum atomic E-state index is -0.541. The fraction of sp³-hybridized carbons (Fsp3) is 0.286. The first-order valence-electron chi connectivity index (χ1n) is 8.69. The van der Waals surface area contributed by atoms with Crippen molar-refractivity contribution in [1.29, 1.82) is 5.26 Å². The van der Waals surface area contributed by atoms with Gasteiger partial charge in [0.25, 0.3) is 0 Å². The summed E-state index contributed by atoms with van der Waals surface area (Å²) < 4.78 is 0. The lowest BCUT2D eigenvalue weighted by Gasteiger charge is -2.24. The highest BCUT2D eigenvalue weighted by molar-refractivity contribution is 5.97. The van der Waals surface area contributed by atoms with Crippen LogP contribution in [-0.2, 0) is 9.59 Å². The van der Waals surface area contributed by atoms with Crippen LogP contribution in [0.3, 0.4) is 0 Å². The highest BCUT2D eigenvalue weighted by Gasteiger charge is 2.21. The molecular weight excluding hydrogens is 340 g/mol. The predicted molar refractivity (Wildman–Crippen MR) is 106 cm³/mol. The highest BCUT2D eigenvalue weighted by Crippen LogP contribution is 2.19. The molecule has 0 aliphatic heterocycles. The molecular formula is C21H24N4O2. The summed E-state index contributed by atoms with van der Waals surface area (Å²) in [5, 5.41) is 14.8. The third kappa shape index (κ3) is 5.16. The molecule has 0 heterocycles. The summed E-state index contributed by atoms with van der Waals surface area (Å²) in [4.78, 5) is 26.5. The second-order valence-electron chi connectivity index (χ2n) is 6.55. The van der Waals surface area contributed by atoms with E-state index in [1.807, 2.05) is 38.1 Å². The maximum absolute atomic E-state index is 12.5. The van der Waals surface area contributed by atoms with E-state index in [1.165, 1.54) is 0 Å². The van der Waals surface area contributed by atoms with Crippen molar-refractivity contribution in [1.82, 2.24) is 4.90 Å². The second-order valence-corrected chi connectivity index (χ2v) is 6.55. The minimum Gasteiger partial charge on any atom is -0.324 e. The lowest BCUT2D eigenvalue weighted by molar-refractivity contribution is -0.122. The number of aryl methyl sites for hydroxylation is 2. The minimum absolute atomic E-state index is 0.0717. The van der Waals surface area contributed by atoms with Crippen LogP contribution in [0.25, 0.3) is 0 Å². The van der Waals surface area contributed by atoms with Gasteiger partial charge in [-0.2, -0.15) is 5.26 Å². The summed E-state index contributed by atoms with van der Waals surface area (Å²) in [5.41, 5.74) is 3.64. The molecule has 0 saturated carbocycles. The molecule has 6 nitrogen and oxygen atoms in total. The molecule has 2 rings (SSSR count). The molecule has 0 aromatic heterocycles. The molecule has 1 atom stereocenters. The Balaban J connectivity index is 1.98. The number of hydrogen-bond acceptors (Lipinski definition) is 4. The molecule has 0 aliphatic rings. The van der Waals surface area contributed by atoms with Crippen LogP contribution in [0.2, 0.25) is 0 Å². The van der Waals surface area contributed by atoms with Gasteiger partial charge in [0, 0.05) is 5.69 Å². The number of rotatable bonds is 6. The number of para-hydroxylation sites is 2. The van der Waals surface area contributed by atoms with E-state index in [1.54, 1.807) is 43.1 Å². The van der Waals surface area contributed by atoms with Crippen molar-refractivity contribution < 1.29 is 9.59 Å². The molecule has 0 fully saturated rings. The topological polar surface area (TPSA) is 85.2 Å². The summed E-state index contributed by atoms with van der Waals surface area (Å²) in [6, 6.07) is 14.1. The molecule has 0 radical (unpaired) electrons. The lowest BCUT2D eigenvalue weighted by Crippen LogP contribution is -2.43. The van der Waals surface area contributed by atoms with Gasteiger partial charge in [0.1, 0.15) is 6.07 Å². The summed E-state index contributed by atoms with van der Waals surface area (Å²) in [6.07, 6.45) is 0. The van der Waals surface area contributed by atoms with Crippen LogP contribution in [0.15, 0.2) is 42.5 Å². The maximum Gasteiger partial charge on any atom is 0.241 e. The third-order valence-corrected chi connectivity index (χ3v) is 4.48. The normalized spacial score (nSPS) is 11.6. The Labute approximate surface area is 159 Å². The Bertz CT molecular complexity index is 866. The molecule has 0 saturated heterocycles. The zero-order chi connectivity index (χ0) is 20.0. The standard InChI is InChI=1S/C21H24N4O2/c1-14-8-7-9-15(2)20(14)24-19(26)13-25(4)16(3)21(27)23-18-11-6-5-10-17(18)12-22/h5-11,16H,13H2,1-4H3,(H,23,27)(H,24,26)/t16-/m0/s1. The van der Waals surface area contributed by atoms with Gasteiger partial charge in [-0.1, -0.05) is 30.3 Å². The monoisotopic (exact) mass is 364 g/mol. The average molecular weight is 364 g/mol. The Hall–Kier alpha value is -3.17. The number of nitriles is 1. The van der Waals surface area contributed by atoms with Gasteiger partial charge < -0.3 is 10.6 Å². The number of amides is 2. The summed E-state index contributed by atoms with van der Waals surface area (Å²) in [6.45, 7) is 5.67. The van der Waals surface area contributed by atoms with Crippen molar-refractivity contribution in [2.24, 2.45) is 0 Å². The molecule has 0 bridgehead atoms. The van der Waals surface area contributed by atoms with Gasteiger partial charge in [-0.05, 0) is 51.1 Å². The number of hydrogen-bond donors (Lipinski definition) is 2. The number of nitrogens with zero attached hydrogens (tertiary/aromatic N) is 2. The molecule has 0 aliphatic carbocycles. The van der Waals surface area contributed by atoms with Gasteiger partial charge in [0.15, 0.2) is 0 Å². The zero-order valence-corrected chi connectivity index (χ0v) is 16.0. The van der Waals surface area contributed by atoms with Gasteiger partial charge in [0.05, 0.1) is 23.8 Å². The summed E-state index contributed by atoms with van der Waals surface area (Å²) in [7, 11) is 1.71. The molecule has 0 spiro atoms. The molecule has 2 aromatic carbocycles. The van der Waals surface area contributed by atoms with E-state index < -0.39 is 6.04 Å². The van der Waals surface area contributed by atoms with Crippen LogP contribution < -0.4 is 10.6 Å². The smallest absolute Gasteiger partial charge is 0.241 e. The van der Waals surface area contributed by atoms with Crippen molar-refractivity contribution >= 4 is 23.2 Å². The molecule has 140 valence electrons. The molecule has 27 heavy (non-hydrogen) atoms. The second kappa shape index (κ2) is 8.97. The van der Waals surface area contributed by atoms with Crippen molar-refractivity contribution in [3.8, 4) is 6.07 Å². The van der Waals surface area contributed by atoms with Crippen molar-refractivity contribution in [2.45, 2.75) is 26.8 Å². The predicted octanol–water partition coefficient (Wildman–Crippen LogP) is 3.07.